The van der Waals surface area contributed by atoms with E-state index in [0.29, 0.717) is 37.7 Å². The van der Waals surface area contributed by atoms with Crippen molar-refractivity contribution in [3.05, 3.63) is 33.9 Å². The molecular formula is C11H16N2O4. The lowest BCUT2D eigenvalue weighted by molar-refractivity contribution is -0.385. The molecule has 2 N–H and O–H groups in total. The van der Waals surface area contributed by atoms with Gasteiger partial charge in [-0.2, -0.15) is 0 Å². The summed E-state index contributed by atoms with van der Waals surface area (Å²) in [5, 5.41) is 10.7. The van der Waals surface area contributed by atoms with Gasteiger partial charge >= 0.3 is 0 Å². The molecule has 0 amide bonds. The largest absolute Gasteiger partial charge is 0.491 e. The number of hydrogen-bond donors (Lipinski definition) is 1. The number of nitro groups is 1. The molecule has 0 saturated carbocycles. The maximum atomic E-state index is 10.7. The summed E-state index contributed by atoms with van der Waals surface area (Å²) in [7, 11) is 0. The summed E-state index contributed by atoms with van der Waals surface area (Å²) in [5.41, 5.74) is 5.84. The minimum atomic E-state index is -0.423. The van der Waals surface area contributed by atoms with Crippen LogP contribution in [-0.4, -0.2) is 31.3 Å². The fourth-order valence-electron chi connectivity index (χ4n) is 1.35. The van der Waals surface area contributed by atoms with Gasteiger partial charge in [0.15, 0.2) is 0 Å². The van der Waals surface area contributed by atoms with Crippen LogP contribution in [0.5, 0.6) is 5.75 Å². The fourth-order valence-corrected chi connectivity index (χ4v) is 1.35. The van der Waals surface area contributed by atoms with Crippen molar-refractivity contribution in [1.82, 2.24) is 0 Å². The van der Waals surface area contributed by atoms with E-state index in [1.165, 1.54) is 6.07 Å². The molecule has 1 aromatic carbocycles. The third-order valence-electron chi connectivity index (χ3n) is 2.20. The molecule has 6 heteroatoms. The van der Waals surface area contributed by atoms with Crippen molar-refractivity contribution in [2.45, 2.75) is 6.92 Å². The second-order valence-electron chi connectivity index (χ2n) is 3.41. The number of ether oxygens (including phenoxy) is 2. The minimum Gasteiger partial charge on any atom is -0.491 e. The van der Waals surface area contributed by atoms with Crippen molar-refractivity contribution >= 4 is 5.69 Å². The van der Waals surface area contributed by atoms with Crippen LogP contribution in [0.4, 0.5) is 5.69 Å². The predicted molar refractivity (Wildman–Crippen MR) is 63.2 cm³/mol. The molecule has 0 saturated heterocycles. The Hall–Kier alpha value is -1.66. The van der Waals surface area contributed by atoms with E-state index in [-0.39, 0.29) is 5.69 Å². The summed E-state index contributed by atoms with van der Waals surface area (Å²) in [5.74, 6) is 0.510. The lowest BCUT2D eigenvalue weighted by Crippen LogP contribution is -2.13. The molecule has 94 valence electrons. The zero-order valence-electron chi connectivity index (χ0n) is 9.72. The number of benzene rings is 1. The molecule has 0 atom stereocenters. The first-order chi connectivity index (χ1) is 8.16. The molecule has 0 aliphatic carbocycles. The molecule has 17 heavy (non-hydrogen) atoms. The van der Waals surface area contributed by atoms with Gasteiger partial charge in [0.05, 0.1) is 23.7 Å². The highest BCUT2D eigenvalue weighted by Gasteiger charge is 2.13. The van der Waals surface area contributed by atoms with Crippen molar-refractivity contribution in [2.75, 3.05) is 26.4 Å². The standard InChI is InChI=1S/C11H16N2O4/c1-9-10(13(14)15)3-2-4-11(9)17-8-7-16-6-5-12/h2-4H,5-8,12H2,1H3. The summed E-state index contributed by atoms with van der Waals surface area (Å²) in [6.07, 6.45) is 0. The monoisotopic (exact) mass is 240 g/mol. The number of nitrogens with zero attached hydrogens (tertiary/aromatic N) is 1. The van der Waals surface area contributed by atoms with E-state index < -0.39 is 4.92 Å². The Morgan fingerprint density at radius 3 is 2.76 bits per heavy atom. The van der Waals surface area contributed by atoms with Crippen molar-refractivity contribution in [3.63, 3.8) is 0 Å². The number of nitro benzene ring substituents is 1. The summed E-state index contributed by atoms with van der Waals surface area (Å²) < 4.78 is 10.5. The number of nitrogens with two attached hydrogens (primary N) is 1. The third kappa shape index (κ3) is 4.01. The van der Waals surface area contributed by atoms with E-state index in [1.54, 1.807) is 19.1 Å². The molecular weight excluding hydrogens is 224 g/mol. The van der Waals surface area contributed by atoms with Crippen molar-refractivity contribution in [3.8, 4) is 5.75 Å². The van der Waals surface area contributed by atoms with Crippen LogP contribution in [0.3, 0.4) is 0 Å². The molecule has 0 spiro atoms. The zero-order valence-corrected chi connectivity index (χ0v) is 9.72. The first-order valence-corrected chi connectivity index (χ1v) is 5.31. The Balaban J connectivity index is 2.54. The van der Waals surface area contributed by atoms with E-state index in [1.807, 2.05) is 0 Å². The van der Waals surface area contributed by atoms with E-state index in [4.69, 9.17) is 15.2 Å². The first-order valence-electron chi connectivity index (χ1n) is 5.31. The smallest absolute Gasteiger partial charge is 0.276 e. The lowest BCUT2D eigenvalue weighted by Gasteiger charge is -2.09. The third-order valence-corrected chi connectivity index (χ3v) is 2.20. The number of hydrogen-bond acceptors (Lipinski definition) is 5. The molecule has 0 bridgehead atoms. The van der Waals surface area contributed by atoms with Crippen LogP contribution in [0.1, 0.15) is 5.56 Å². The minimum absolute atomic E-state index is 0.0605. The van der Waals surface area contributed by atoms with Crippen LogP contribution in [0.25, 0.3) is 0 Å². The Labute approximate surface area is 99.5 Å². The molecule has 1 rings (SSSR count). The predicted octanol–water partition coefficient (Wildman–Crippen LogP) is 1.26. The molecule has 0 heterocycles. The highest BCUT2D eigenvalue weighted by molar-refractivity contribution is 5.48. The van der Waals surface area contributed by atoms with Gasteiger partial charge in [-0.3, -0.25) is 10.1 Å². The van der Waals surface area contributed by atoms with Crippen LogP contribution in [0.2, 0.25) is 0 Å². The van der Waals surface area contributed by atoms with E-state index >= 15 is 0 Å². The SMILES string of the molecule is Cc1c(OCCOCCN)cccc1[N+](=O)[O-]. The molecule has 0 aliphatic heterocycles. The first kappa shape index (κ1) is 13.4. The van der Waals surface area contributed by atoms with Gasteiger partial charge in [-0.25, -0.2) is 0 Å². The Morgan fingerprint density at radius 2 is 2.12 bits per heavy atom. The van der Waals surface area contributed by atoms with Crippen molar-refractivity contribution < 1.29 is 14.4 Å². The van der Waals surface area contributed by atoms with Gasteiger partial charge in [0.2, 0.25) is 0 Å². The van der Waals surface area contributed by atoms with Crippen LogP contribution >= 0.6 is 0 Å². The summed E-state index contributed by atoms with van der Waals surface area (Å²) in [6, 6.07) is 4.75. The summed E-state index contributed by atoms with van der Waals surface area (Å²) in [6.45, 7) is 3.38. The molecule has 0 aromatic heterocycles. The van der Waals surface area contributed by atoms with Crippen LogP contribution in [-0.2, 0) is 4.74 Å². The van der Waals surface area contributed by atoms with Gasteiger partial charge in [-0.15, -0.1) is 0 Å². The second-order valence-corrected chi connectivity index (χ2v) is 3.41. The molecule has 0 radical (unpaired) electrons. The molecule has 6 nitrogen and oxygen atoms in total. The van der Waals surface area contributed by atoms with Gasteiger partial charge in [0.25, 0.3) is 5.69 Å². The molecule has 0 fully saturated rings. The Bertz CT molecular complexity index is 382. The van der Waals surface area contributed by atoms with E-state index in [9.17, 15) is 10.1 Å². The summed E-state index contributed by atoms with van der Waals surface area (Å²) >= 11 is 0. The number of rotatable bonds is 7. The average Bonchev–Trinajstić information content (AvgIpc) is 2.30. The molecule has 1 aromatic rings. The topological polar surface area (TPSA) is 87.6 Å². The second kappa shape index (κ2) is 6.82. The quantitative estimate of drug-likeness (QED) is 0.440. The van der Waals surface area contributed by atoms with E-state index in [2.05, 4.69) is 0 Å². The zero-order chi connectivity index (χ0) is 12.7. The molecule has 0 aliphatic rings. The fraction of sp³-hybridized carbons (Fsp3) is 0.455. The van der Waals surface area contributed by atoms with Crippen LogP contribution in [0.15, 0.2) is 18.2 Å². The van der Waals surface area contributed by atoms with Crippen LogP contribution < -0.4 is 10.5 Å². The highest BCUT2D eigenvalue weighted by atomic mass is 16.6. The van der Waals surface area contributed by atoms with E-state index in [0.717, 1.165) is 0 Å². The van der Waals surface area contributed by atoms with Gasteiger partial charge in [-0.1, -0.05) is 6.07 Å². The van der Waals surface area contributed by atoms with Gasteiger partial charge < -0.3 is 15.2 Å². The Morgan fingerprint density at radius 1 is 1.35 bits per heavy atom. The molecule has 0 unspecified atom stereocenters. The maximum Gasteiger partial charge on any atom is 0.276 e. The normalized spacial score (nSPS) is 10.2. The highest BCUT2D eigenvalue weighted by Crippen LogP contribution is 2.26. The van der Waals surface area contributed by atoms with Crippen LogP contribution in [0, 0.1) is 17.0 Å². The summed E-state index contributed by atoms with van der Waals surface area (Å²) in [4.78, 5) is 10.3. The van der Waals surface area contributed by atoms with Gasteiger partial charge in [-0.05, 0) is 13.0 Å². The van der Waals surface area contributed by atoms with Gasteiger partial charge in [0, 0.05) is 12.6 Å². The Kier molecular flexibility index (Phi) is 5.38. The van der Waals surface area contributed by atoms with Gasteiger partial charge in [0.1, 0.15) is 12.4 Å². The average molecular weight is 240 g/mol. The maximum absolute atomic E-state index is 10.7. The van der Waals surface area contributed by atoms with Crippen molar-refractivity contribution in [2.24, 2.45) is 5.73 Å². The van der Waals surface area contributed by atoms with Crippen molar-refractivity contribution in [1.29, 1.82) is 0 Å². The lowest BCUT2D eigenvalue weighted by atomic mass is 10.2.